The molecular weight excluding hydrogens is 224 g/mol. The van der Waals surface area contributed by atoms with Crippen LogP contribution in [0.4, 0.5) is 11.4 Å². The summed E-state index contributed by atoms with van der Waals surface area (Å²) in [6.07, 6.45) is 1.88. The molecular formula is C14H18N4. The van der Waals surface area contributed by atoms with Crippen LogP contribution in [0.3, 0.4) is 0 Å². The summed E-state index contributed by atoms with van der Waals surface area (Å²) in [5, 5.41) is 4.60. The summed E-state index contributed by atoms with van der Waals surface area (Å²) in [5.41, 5.74) is 8.93. The number of benzene rings is 1. The van der Waals surface area contributed by atoms with E-state index in [1.807, 2.05) is 24.4 Å². The zero-order valence-corrected chi connectivity index (χ0v) is 10.6. The second-order valence-electron chi connectivity index (χ2n) is 4.91. The van der Waals surface area contributed by atoms with Gasteiger partial charge in [-0.3, -0.25) is 4.98 Å². The Morgan fingerprint density at radius 1 is 1.39 bits per heavy atom. The van der Waals surface area contributed by atoms with E-state index >= 15 is 0 Å². The zero-order chi connectivity index (χ0) is 12.5. The molecule has 0 amide bonds. The van der Waals surface area contributed by atoms with Gasteiger partial charge in [-0.1, -0.05) is 0 Å². The van der Waals surface area contributed by atoms with Gasteiger partial charge in [0.25, 0.3) is 0 Å². The first kappa shape index (κ1) is 11.3. The van der Waals surface area contributed by atoms with Crippen molar-refractivity contribution in [2.75, 3.05) is 30.3 Å². The molecule has 94 valence electrons. The van der Waals surface area contributed by atoms with Crippen molar-refractivity contribution >= 4 is 22.3 Å². The van der Waals surface area contributed by atoms with Crippen LogP contribution in [0.2, 0.25) is 0 Å². The molecule has 1 saturated heterocycles. The Balaban J connectivity index is 2.07. The number of nitrogens with zero attached hydrogens (tertiary/aromatic N) is 2. The van der Waals surface area contributed by atoms with E-state index in [-0.39, 0.29) is 0 Å². The lowest BCUT2D eigenvalue weighted by atomic mass is 10.1. The molecule has 1 aromatic carbocycles. The molecule has 0 saturated carbocycles. The van der Waals surface area contributed by atoms with Gasteiger partial charge in [0.15, 0.2) is 0 Å². The highest BCUT2D eigenvalue weighted by molar-refractivity contribution is 5.93. The minimum Gasteiger partial charge on any atom is -0.399 e. The van der Waals surface area contributed by atoms with E-state index in [2.05, 4.69) is 28.2 Å². The van der Waals surface area contributed by atoms with Gasteiger partial charge in [-0.2, -0.15) is 0 Å². The normalized spacial score (nSPS) is 20.3. The fraction of sp³-hybridized carbons (Fsp3) is 0.357. The van der Waals surface area contributed by atoms with E-state index in [0.717, 1.165) is 36.2 Å². The lowest BCUT2D eigenvalue weighted by Crippen LogP contribution is -2.49. The minimum absolute atomic E-state index is 0.517. The van der Waals surface area contributed by atoms with Crippen LogP contribution in [0, 0.1) is 0 Å². The maximum absolute atomic E-state index is 5.89. The van der Waals surface area contributed by atoms with Crippen molar-refractivity contribution in [3.05, 3.63) is 30.5 Å². The molecule has 1 aliphatic rings. The summed E-state index contributed by atoms with van der Waals surface area (Å²) < 4.78 is 0. The van der Waals surface area contributed by atoms with Crippen molar-refractivity contribution in [3.63, 3.8) is 0 Å². The molecule has 0 aliphatic carbocycles. The largest absolute Gasteiger partial charge is 0.399 e. The van der Waals surface area contributed by atoms with E-state index in [1.54, 1.807) is 0 Å². The molecule has 2 heterocycles. The highest BCUT2D eigenvalue weighted by Crippen LogP contribution is 2.27. The van der Waals surface area contributed by atoms with Crippen molar-refractivity contribution in [2.24, 2.45) is 0 Å². The Morgan fingerprint density at radius 2 is 2.28 bits per heavy atom. The number of hydrogen-bond acceptors (Lipinski definition) is 4. The Hall–Kier alpha value is -1.81. The van der Waals surface area contributed by atoms with Crippen LogP contribution in [0.5, 0.6) is 0 Å². The van der Waals surface area contributed by atoms with Gasteiger partial charge in [0.2, 0.25) is 0 Å². The van der Waals surface area contributed by atoms with E-state index in [9.17, 15) is 0 Å². The molecule has 0 spiro atoms. The lowest BCUT2D eigenvalue weighted by Gasteiger charge is -2.34. The van der Waals surface area contributed by atoms with Gasteiger partial charge in [0, 0.05) is 48.6 Å². The first-order valence-electron chi connectivity index (χ1n) is 6.36. The highest BCUT2D eigenvalue weighted by atomic mass is 15.2. The summed E-state index contributed by atoms with van der Waals surface area (Å²) in [6.45, 7) is 5.28. The number of fused-ring (bicyclic) bond motifs is 1. The SMILES string of the molecule is C[C@@H]1CN(c2ccnc3ccc(N)cc23)CCN1. The third-order valence-corrected chi connectivity index (χ3v) is 3.45. The molecule has 18 heavy (non-hydrogen) atoms. The molecule has 2 aromatic rings. The number of aromatic nitrogens is 1. The van der Waals surface area contributed by atoms with Gasteiger partial charge in [-0.25, -0.2) is 0 Å². The summed E-state index contributed by atoms with van der Waals surface area (Å²) >= 11 is 0. The molecule has 0 radical (unpaired) electrons. The number of hydrogen-bond donors (Lipinski definition) is 2. The van der Waals surface area contributed by atoms with Crippen LogP contribution in [0.1, 0.15) is 6.92 Å². The van der Waals surface area contributed by atoms with E-state index in [0.29, 0.717) is 6.04 Å². The number of nitrogens with two attached hydrogens (primary N) is 1. The quantitative estimate of drug-likeness (QED) is 0.746. The third-order valence-electron chi connectivity index (χ3n) is 3.45. The molecule has 1 fully saturated rings. The predicted octanol–water partition coefficient (Wildman–Crippen LogP) is 1.62. The summed E-state index contributed by atoms with van der Waals surface area (Å²) in [4.78, 5) is 6.81. The smallest absolute Gasteiger partial charge is 0.0724 e. The van der Waals surface area contributed by atoms with Gasteiger partial charge >= 0.3 is 0 Å². The van der Waals surface area contributed by atoms with Gasteiger partial charge in [0.1, 0.15) is 0 Å². The van der Waals surface area contributed by atoms with Gasteiger partial charge in [-0.15, -0.1) is 0 Å². The van der Waals surface area contributed by atoms with Crippen molar-refractivity contribution in [3.8, 4) is 0 Å². The van der Waals surface area contributed by atoms with Crippen LogP contribution in [-0.4, -0.2) is 30.7 Å². The number of nitrogens with one attached hydrogen (secondary N) is 1. The van der Waals surface area contributed by atoms with Crippen molar-refractivity contribution in [1.29, 1.82) is 0 Å². The number of rotatable bonds is 1. The molecule has 0 bridgehead atoms. The first-order chi connectivity index (χ1) is 8.74. The van der Waals surface area contributed by atoms with Crippen LogP contribution in [-0.2, 0) is 0 Å². The maximum Gasteiger partial charge on any atom is 0.0724 e. The summed E-state index contributed by atoms with van der Waals surface area (Å²) in [6, 6.07) is 8.51. The Bertz CT molecular complexity index is 567. The molecule has 1 atom stereocenters. The second-order valence-corrected chi connectivity index (χ2v) is 4.91. The number of anilines is 2. The Kier molecular flexibility index (Phi) is 2.80. The molecule has 1 aromatic heterocycles. The van der Waals surface area contributed by atoms with Crippen LogP contribution in [0.25, 0.3) is 10.9 Å². The topological polar surface area (TPSA) is 54.2 Å². The first-order valence-corrected chi connectivity index (χ1v) is 6.36. The predicted molar refractivity (Wildman–Crippen MR) is 75.8 cm³/mol. The van der Waals surface area contributed by atoms with E-state index < -0.39 is 0 Å². The third kappa shape index (κ3) is 1.99. The fourth-order valence-electron chi connectivity index (χ4n) is 2.58. The van der Waals surface area contributed by atoms with Crippen molar-refractivity contribution in [2.45, 2.75) is 13.0 Å². The zero-order valence-electron chi connectivity index (χ0n) is 10.6. The Labute approximate surface area is 107 Å². The molecule has 3 N–H and O–H groups in total. The lowest BCUT2D eigenvalue weighted by molar-refractivity contribution is 0.485. The second kappa shape index (κ2) is 4.46. The van der Waals surface area contributed by atoms with E-state index in [1.165, 1.54) is 5.69 Å². The van der Waals surface area contributed by atoms with Crippen LogP contribution >= 0.6 is 0 Å². The number of pyridine rings is 1. The standard InChI is InChI=1S/C14H18N4/c1-10-9-18(7-6-16-10)14-4-5-17-13-3-2-11(15)8-12(13)14/h2-5,8,10,16H,6-7,9,15H2,1H3/t10-/m1/s1. The van der Waals surface area contributed by atoms with E-state index in [4.69, 9.17) is 5.73 Å². The average molecular weight is 242 g/mol. The number of piperazine rings is 1. The van der Waals surface area contributed by atoms with Gasteiger partial charge in [0.05, 0.1) is 5.52 Å². The average Bonchev–Trinajstić information content (AvgIpc) is 2.38. The molecule has 1 aliphatic heterocycles. The minimum atomic E-state index is 0.517. The summed E-state index contributed by atoms with van der Waals surface area (Å²) in [5.74, 6) is 0. The highest BCUT2D eigenvalue weighted by Gasteiger charge is 2.17. The molecule has 4 nitrogen and oxygen atoms in total. The van der Waals surface area contributed by atoms with Crippen molar-refractivity contribution in [1.82, 2.24) is 10.3 Å². The van der Waals surface area contributed by atoms with Gasteiger partial charge < -0.3 is 16.0 Å². The Morgan fingerprint density at radius 3 is 3.11 bits per heavy atom. The summed E-state index contributed by atoms with van der Waals surface area (Å²) in [7, 11) is 0. The van der Waals surface area contributed by atoms with Crippen LogP contribution in [0.15, 0.2) is 30.5 Å². The molecule has 3 rings (SSSR count). The van der Waals surface area contributed by atoms with Crippen LogP contribution < -0.4 is 16.0 Å². The number of nitrogen functional groups attached to an aromatic ring is 1. The molecule has 4 heteroatoms. The molecule has 0 unspecified atom stereocenters. The monoisotopic (exact) mass is 242 g/mol. The van der Waals surface area contributed by atoms with Crippen molar-refractivity contribution < 1.29 is 0 Å². The van der Waals surface area contributed by atoms with Gasteiger partial charge in [-0.05, 0) is 31.2 Å². The fourth-order valence-corrected chi connectivity index (χ4v) is 2.58. The maximum atomic E-state index is 5.89.